The molecule has 8 nitrogen and oxygen atoms in total. The molecule has 0 unspecified atom stereocenters. The second-order valence-electron chi connectivity index (χ2n) is 8.83. The van der Waals surface area contributed by atoms with E-state index in [1.54, 1.807) is 37.8 Å². The first-order valence-corrected chi connectivity index (χ1v) is 9.53. The lowest BCUT2D eigenvalue weighted by Gasteiger charge is -2.33. The van der Waals surface area contributed by atoms with Gasteiger partial charge in [0.25, 0.3) is 0 Å². The highest BCUT2D eigenvalue weighted by molar-refractivity contribution is 5.68. The Balaban J connectivity index is 1.79. The van der Waals surface area contributed by atoms with Gasteiger partial charge in [0.2, 0.25) is 0 Å². The van der Waals surface area contributed by atoms with Gasteiger partial charge >= 0.3 is 12.2 Å². The van der Waals surface area contributed by atoms with Crippen molar-refractivity contribution in [3.63, 3.8) is 0 Å². The molecular weight excluding hydrogens is 362 g/mol. The van der Waals surface area contributed by atoms with E-state index in [-0.39, 0.29) is 12.1 Å². The van der Waals surface area contributed by atoms with Gasteiger partial charge in [-0.2, -0.15) is 0 Å². The average molecular weight is 393 g/mol. The Morgan fingerprint density at radius 2 is 1.64 bits per heavy atom. The van der Waals surface area contributed by atoms with Crippen LogP contribution in [0, 0.1) is 0 Å². The van der Waals surface area contributed by atoms with Gasteiger partial charge in [-0.1, -0.05) is 0 Å². The first-order chi connectivity index (χ1) is 12.9. The van der Waals surface area contributed by atoms with Gasteiger partial charge in [-0.25, -0.2) is 14.6 Å². The number of hydrogen-bond donors (Lipinski definition) is 1. The van der Waals surface area contributed by atoms with Crippen LogP contribution in [0.1, 0.15) is 54.4 Å². The molecule has 1 saturated heterocycles. The van der Waals surface area contributed by atoms with Crippen molar-refractivity contribution in [2.75, 3.05) is 18.4 Å². The third-order valence-electron chi connectivity index (χ3n) is 3.83. The molecule has 0 radical (unpaired) electrons. The second kappa shape index (κ2) is 8.67. The van der Waals surface area contributed by atoms with Gasteiger partial charge < -0.3 is 24.4 Å². The standard InChI is InChI=1S/C20H31N3O5/c1-19(2,3)27-17(24)23-11-9-14(10-12-23)22-16-8-7-15(13-21-16)26-18(25)28-20(4,5)6/h7-8,13-14H,9-12H2,1-6H3,(H,21,22). The van der Waals surface area contributed by atoms with Crippen molar-refractivity contribution in [3.05, 3.63) is 18.3 Å². The van der Waals surface area contributed by atoms with Crippen molar-refractivity contribution < 1.29 is 23.8 Å². The maximum atomic E-state index is 12.1. The summed E-state index contributed by atoms with van der Waals surface area (Å²) in [5.74, 6) is 1.01. The van der Waals surface area contributed by atoms with E-state index < -0.39 is 17.4 Å². The zero-order chi connectivity index (χ0) is 20.9. The minimum Gasteiger partial charge on any atom is -0.444 e. The van der Waals surface area contributed by atoms with E-state index in [2.05, 4.69) is 10.3 Å². The number of anilines is 1. The van der Waals surface area contributed by atoms with E-state index >= 15 is 0 Å². The van der Waals surface area contributed by atoms with E-state index in [4.69, 9.17) is 14.2 Å². The molecule has 1 fully saturated rings. The summed E-state index contributed by atoms with van der Waals surface area (Å²) >= 11 is 0. The summed E-state index contributed by atoms with van der Waals surface area (Å²) in [4.78, 5) is 29.8. The lowest BCUT2D eigenvalue weighted by Crippen LogP contribution is -2.44. The van der Waals surface area contributed by atoms with Crippen LogP contribution in [0.5, 0.6) is 5.75 Å². The second-order valence-corrected chi connectivity index (χ2v) is 8.83. The first-order valence-electron chi connectivity index (χ1n) is 9.53. The minimum absolute atomic E-state index is 0.212. The van der Waals surface area contributed by atoms with Gasteiger partial charge in [-0.3, -0.25) is 0 Å². The predicted molar refractivity (Wildman–Crippen MR) is 106 cm³/mol. The molecule has 1 amide bonds. The molecule has 0 aliphatic carbocycles. The van der Waals surface area contributed by atoms with Crippen LogP contribution in [0.25, 0.3) is 0 Å². The van der Waals surface area contributed by atoms with Crippen molar-refractivity contribution in [3.8, 4) is 5.75 Å². The van der Waals surface area contributed by atoms with Crippen molar-refractivity contribution in [2.24, 2.45) is 0 Å². The molecule has 1 N–H and O–H groups in total. The minimum atomic E-state index is -0.760. The number of aromatic nitrogens is 1. The number of pyridine rings is 1. The number of likely N-dealkylation sites (tertiary alicyclic amines) is 1. The monoisotopic (exact) mass is 393 g/mol. The fraction of sp³-hybridized carbons (Fsp3) is 0.650. The summed E-state index contributed by atoms with van der Waals surface area (Å²) < 4.78 is 15.6. The van der Waals surface area contributed by atoms with Gasteiger partial charge in [-0.05, 0) is 66.5 Å². The summed E-state index contributed by atoms with van der Waals surface area (Å²) in [5, 5.41) is 3.35. The summed E-state index contributed by atoms with van der Waals surface area (Å²) in [7, 11) is 0. The quantitative estimate of drug-likeness (QED) is 0.769. The van der Waals surface area contributed by atoms with Crippen LogP contribution in [0.2, 0.25) is 0 Å². The molecule has 0 atom stereocenters. The van der Waals surface area contributed by atoms with E-state index in [0.29, 0.717) is 24.7 Å². The summed E-state index contributed by atoms with van der Waals surface area (Å²) in [6.07, 6.45) is 2.05. The molecule has 0 saturated carbocycles. The molecule has 2 heterocycles. The van der Waals surface area contributed by atoms with E-state index in [1.165, 1.54) is 6.20 Å². The van der Waals surface area contributed by atoms with E-state index in [1.807, 2.05) is 20.8 Å². The zero-order valence-electron chi connectivity index (χ0n) is 17.6. The topological polar surface area (TPSA) is 90.0 Å². The van der Waals surface area contributed by atoms with Crippen LogP contribution in [0.15, 0.2) is 18.3 Å². The van der Waals surface area contributed by atoms with Crippen molar-refractivity contribution in [1.82, 2.24) is 9.88 Å². The van der Waals surface area contributed by atoms with Crippen LogP contribution in [-0.2, 0) is 9.47 Å². The number of nitrogens with zero attached hydrogens (tertiary/aromatic N) is 2. The van der Waals surface area contributed by atoms with Gasteiger partial charge in [0.15, 0.2) is 5.75 Å². The van der Waals surface area contributed by atoms with E-state index in [9.17, 15) is 9.59 Å². The number of rotatable bonds is 3. The van der Waals surface area contributed by atoms with Crippen molar-refractivity contribution >= 4 is 18.1 Å². The van der Waals surface area contributed by atoms with E-state index in [0.717, 1.165) is 12.8 Å². The Bertz CT molecular complexity index is 669. The van der Waals surface area contributed by atoms with Crippen molar-refractivity contribution in [2.45, 2.75) is 71.6 Å². The highest BCUT2D eigenvalue weighted by Crippen LogP contribution is 2.20. The third kappa shape index (κ3) is 7.62. The first kappa shape index (κ1) is 21.8. The number of amides is 1. The average Bonchev–Trinajstić information content (AvgIpc) is 2.54. The Labute approximate surface area is 166 Å². The fourth-order valence-corrected chi connectivity index (χ4v) is 2.64. The smallest absolute Gasteiger partial charge is 0.444 e. The highest BCUT2D eigenvalue weighted by Gasteiger charge is 2.27. The maximum absolute atomic E-state index is 12.1. The Morgan fingerprint density at radius 3 is 2.14 bits per heavy atom. The van der Waals surface area contributed by atoms with Gasteiger partial charge in [0, 0.05) is 19.1 Å². The predicted octanol–water partition coefficient (Wildman–Crippen LogP) is 4.21. The molecule has 0 bridgehead atoms. The van der Waals surface area contributed by atoms with Crippen molar-refractivity contribution in [1.29, 1.82) is 0 Å². The molecule has 8 heteroatoms. The number of nitrogens with one attached hydrogen (secondary N) is 1. The molecule has 0 aromatic carbocycles. The summed E-state index contributed by atoms with van der Waals surface area (Å²) in [6.45, 7) is 12.2. The van der Waals surface area contributed by atoms with Crippen LogP contribution in [-0.4, -0.2) is 52.5 Å². The molecule has 0 spiro atoms. The molecule has 1 aliphatic rings. The SMILES string of the molecule is CC(C)(C)OC(=O)Oc1ccc(NC2CCN(C(=O)OC(C)(C)C)CC2)nc1. The lowest BCUT2D eigenvalue weighted by molar-refractivity contribution is 0.0195. The third-order valence-corrected chi connectivity index (χ3v) is 3.83. The highest BCUT2D eigenvalue weighted by atomic mass is 16.7. The largest absolute Gasteiger partial charge is 0.514 e. The number of piperidine rings is 1. The Morgan fingerprint density at radius 1 is 1.04 bits per heavy atom. The molecule has 1 aliphatic heterocycles. The molecule has 1 aromatic heterocycles. The van der Waals surface area contributed by atoms with Gasteiger partial charge in [-0.15, -0.1) is 0 Å². The zero-order valence-corrected chi connectivity index (χ0v) is 17.6. The maximum Gasteiger partial charge on any atom is 0.514 e. The molecule has 156 valence electrons. The van der Waals surface area contributed by atoms with Gasteiger partial charge in [0.1, 0.15) is 17.0 Å². The number of ether oxygens (including phenoxy) is 3. The Kier molecular flexibility index (Phi) is 6.74. The Hall–Kier alpha value is -2.51. The summed E-state index contributed by atoms with van der Waals surface area (Å²) in [5.41, 5.74) is -1.10. The number of hydrogen-bond acceptors (Lipinski definition) is 7. The fourth-order valence-electron chi connectivity index (χ4n) is 2.64. The van der Waals surface area contributed by atoms with Crippen LogP contribution < -0.4 is 10.1 Å². The molecule has 28 heavy (non-hydrogen) atoms. The molecule has 1 aromatic rings. The molecular formula is C20H31N3O5. The van der Waals surface area contributed by atoms with Crippen LogP contribution >= 0.6 is 0 Å². The molecule has 2 rings (SSSR count). The van der Waals surface area contributed by atoms with Crippen LogP contribution in [0.3, 0.4) is 0 Å². The van der Waals surface area contributed by atoms with Gasteiger partial charge in [0.05, 0.1) is 6.20 Å². The van der Waals surface area contributed by atoms with Crippen LogP contribution in [0.4, 0.5) is 15.4 Å². The normalized spacial score (nSPS) is 15.7. The number of carbonyl (C=O) groups is 2. The summed E-state index contributed by atoms with van der Waals surface area (Å²) in [6, 6.07) is 3.62. The number of carbonyl (C=O) groups excluding carboxylic acids is 2. The lowest BCUT2D eigenvalue weighted by atomic mass is 10.1.